The van der Waals surface area contributed by atoms with E-state index in [1.165, 1.54) is 44.2 Å². The minimum absolute atomic E-state index is 0.00296. The number of ether oxygens (including phenoxy) is 2. The molecule has 1 aliphatic rings. The molecule has 0 saturated heterocycles. The van der Waals surface area contributed by atoms with Crippen molar-refractivity contribution in [3.05, 3.63) is 144 Å². The number of benzene rings is 6. The predicted molar refractivity (Wildman–Crippen MR) is 163 cm³/mol. The van der Waals surface area contributed by atoms with Gasteiger partial charge in [0.25, 0.3) is 0 Å². The molecule has 1 N–H and O–H groups in total. The summed E-state index contributed by atoms with van der Waals surface area (Å²) in [4.78, 5) is 0. The highest BCUT2D eigenvalue weighted by atomic mass is 16.5. The van der Waals surface area contributed by atoms with Gasteiger partial charge in [0.2, 0.25) is 0 Å². The second-order valence-corrected chi connectivity index (χ2v) is 10.3. The van der Waals surface area contributed by atoms with Gasteiger partial charge in [0.05, 0.1) is 18.6 Å². The number of fused-ring (bicyclic) bond motifs is 5. The van der Waals surface area contributed by atoms with Crippen LogP contribution < -0.4 is 9.47 Å². The molecule has 3 heteroatoms. The third-order valence-corrected chi connectivity index (χ3v) is 8.11. The molecule has 6 aromatic carbocycles. The summed E-state index contributed by atoms with van der Waals surface area (Å²) < 4.78 is 11.5. The molecule has 0 unspecified atom stereocenters. The highest BCUT2D eigenvalue weighted by Gasteiger charge is 2.46. The Morgan fingerprint density at radius 3 is 1.55 bits per heavy atom. The third kappa shape index (κ3) is 3.77. The van der Waals surface area contributed by atoms with Gasteiger partial charge in [-0.2, -0.15) is 0 Å². The maximum Gasteiger partial charge on any atom is 0.120 e. The molecule has 0 atom stereocenters. The Kier molecular flexibility index (Phi) is 6.02. The van der Waals surface area contributed by atoms with Crippen LogP contribution in [0.25, 0.3) is 32.7 Å². The van der Waals surface area contributed by atoms with Crippen molar-refractivity contribution in [2.45, 2.75) is 12.3 Å². The number of hydrogen-bond donors (Lipinski definition) is 1. The molecular formula is C37H30O3. The average Bonchev–Trinajstić information content (AvgIpc) is 3.31. The Morgan fingerprint density at radius 2 is 1.02 bits per heavy atom. The van der Waals surface area contributed by atoms with Crippen LogP contribution in [0.1, 0.15) is 29.2 Å². The van der Waals surface area contributed by atoms with Crippen LogP contribution in [-0.4, -0.2) is 24.9 Å². The standard InChI is InChI=1S/C37H30O3/c1-2-39-31-17-13-25-21-29(15-11-27(25)23-31)37(35-9-5-3-7-33(35)34-8-4-6-10-36(34)37)30-16-12-28-24-32(40-20-19-38)18-14-26(28)22-30/h3-18,21-24,38H,2,19-20H2,1H3. The second kappa shape index (κ2) is 9.86. The summed E-state index contributed by atoms with van der Waals surface area (Å²) >= 11 is 0. The molecule has 0 amide bonds. The molecule has 0 radical (unpaired) electrons. The van der Waals surface area contributed by atoms with E-state index < -0.39 is 5.41 Å². The van der Waals surface area contributed by atoms with Gasteiger partial charge in [0.15, 0.2) is 0 Å². The van der Waals surface area contributed by atoms with Crippen LogP contribution in [0.4, 0.5) is 0 Å². The van der Waals surface area contributed by atoms with Crippen LogP contribution in [0, 0.1) is 0 Å². The highest BCUT2D eigenvalue weighted by Crippen LogP contribution is 2.56. The van der Waals surface area contributed by atoms with E-state index >= 15 is 0 Å². The minimum atomic E-state index is -0.472. The normalized spacial score (nSPS) is 13.2. The van der Waals surface area contributed by atoms with Gasteiger partial charge >= 0.3 is 0 Å². The summed E-state index contributed by atoms with van der Waals surface area (Å²) in [5.41, 5.74) is 7.14. The number of aliphatic hydroxyl groups is 1. The van der Waals surface area contributed by atoms with Gasteiger partial charge in [-0.15, -0.1) is 0 Å². The molecule has 0 heterocycles. The summed E-state index contributed by atoms with van der Waals surface area (Å²) in [6.07, 6.45) is 0. The molecular weight excluding hydrogens is 492 g/mol. The van der Waals surface area contributed by atoms with Gasteiger partial charge in [0, 0.05) is 0 Å². The van der Waals surface area contributed by atoms with E-state index in [9.17, 15) is 0 Å². The molecule has 40 heavy (non-hydrogen) atoms. The van der Waals surface area contributed by atoms with Crippen molar-refractivity contribution in [1.82, 2.24) is 0 Å². The summed E-state index contributed by atoms with van der Waals surface area (Å²) in [7, 11) is 0. The topological polar surface area (TPSA) is 38.7 Å². The quantitative estimate of drug-likeness (QED) is 0.230. The Hall–Kier alpha value is -4.60. The van der Waals surface area contributed by atoms with E-state index in [4.69, 9.17) is 14.6 Å². The number of aliphatic hydroxyl groups excluding tert-OH is 1. The minimum Gasteiger partial charge on any atom is -0.494 e. The molecule has 0 aliphatic heterocycles. The van der Waals surface area contributed by atoms with Crippen molar-refractivity contribution in [1.29, 1.82) is 0 Å². The zero-order valence-electron chi connectivity index (χ0n) is 22.4. The summed E-state index contributed by atoms with van der Waals surface area (Å²) in [5.74, 6) is 1.66. The first-order valence-electron chi connectivity index (χ1n) is 13.9. The largest absolute Gasteiger partial charge is 0.494 e. The van der Waals surface area contributed by atoms with E-state index in [1.54, 1.807) is 0 Å². The molecule has 0 bridgehead atoms. The molecule has 0 saturated carbocycles. The maximum atomic E-state index is 9.17. The van der Waals surface area contributed by atoms with E-state index in [0.717, 1.165) is 22.3 Å². The Morgan fingerprint density at radius 1 is 0.550 bits per heavy atom. The van der Waals surface area contributed by atoms with E-state index in [-0.39, 0.29) is 13.2 Å². The maximum absolute atomic E-state index is 9.17. The first-order chi connectivity index (χ1) is 19.7. The molecule has 6 aromatic rings. The average molecular weight is 523 g/mol. The van der Waals surface area contributed by atoms with Crippen LogP contribution in [0.15, 0.2) is 121 Å². The van der Waals surface area contributed by atoms with E-state index in [2.05, 4.69) is 109 Å². The van der Waals surface area contributed by atoms with Crippen molar-refractivity contribution < 1.29 is 14.6 Å². The monoisotopic (exact) mass is 522 g/mol. The summed E-state index contributed by atoms with van der Waals surface area (Å²) in [6, 6.07) is 43.8. The van der Waals surface area contributed by atoms with E-state index in [1.807, 2.05) is 19.1 Å². The smallest absolute Gasteiger partial charge is 0.120 e. The van der Waals surface area contributed by atoms with Gasteiger partial charge in [-0.1, -0.05) is 84.9 Å². The predicted octanol–water partition coefficient (Wildman–Crippen LogP) is 8.13. The molecule has 0 spiro atoms. The number of hydrogen-bond acceptors (Lipinski definition) is 3. The van der Waals surface area contributed by atoms with Crippen LogP contribution in [0.5, 0.6) is 11.5 Å². The lowest BCUT2D eigenvalue weighted by atomic mass is 9.67. The SMILES string of the molecule is CCOc1ccc2cc(C3(c4ccc5cc(OCCO)ccc5c4)c4ccccc4-c4ccccc43)ccc2c1. The Labute approximate surface area is 234 Å². The molecule has 196 valence electrons. The highest BCUT2D eigenvalue weighted by molar-refractivity contribution is 5.92. The van der Waals surface area contributed by atoms with Crippen molar-refractivity contribution in [2.24, 2.45) is 0 Å². The zero-order valence-corrected chi connectivity index (χ0v) is 22.4. The van der Waals surface area contributed by atoms with Crippen LogP contribution in [0.3, 0.4) is 0 Å². The van der Waals surface area contributed by atoms with Gasteiger partial charge in [0.1, 0.15) is 18.1 Å². The fraction of sp³-hybridized carbons (Fsp3) is 0.135. The summed E-state index contributed by atoms with van der Waals surface area (Å²) in [6.45, 7) is 2.95. The van der Waals surface area contributed by atoms with Crippen molar-refractivity contribution in [3.63, 3.8) is 0 Å². The molecule has 0 fully saturated rings. The van der Waals surface area contributed by atoms with Gasteiger partial charge < -0.3 is 14.6 Å². The fourth-order valence-electron chi connectivity index (χ4n) is 6.45. The zero-order chi connectivity index (χ0) is 27.1. The second-order valence-electron chi connectivity index (χ2n) is 10.3. The lowest BCUT2D eigenvalue weighted by Crippen LogP contribution is -2.28. The van der Waals surface area contributed by atoms with Gasteiger partial charge in [-0.05, 0) is 98.2 Å². The van der Waals surface area contributed by atoms with Crippen molar-refractivity contribution in [2.75, 3.05) is 19.8 Å². The molecule has 3 nitrogen and oxygen atoms in total. The lowest BCUT2D eigenvalue weighted by Gasteiger charge is -2.34. The van der Waals surface area contributed by atoms with Gasteiger partial charge in [-0.3, -0.25) is 0 Å². The number of rotatable bonds is 7. The summed E-state index contributed by atoms with van der Waals surface area (Å²) in [5, 5.41) is 13.8. The van der Waals surface area contributed by atoms with Crippen LogP contribution in [-0.2, 0) is 5.41 Å². The van der Waals surface area contributed by atoms with Gasteiger partial charge in [-0.25, -0.2) is 0 Å². The van der Waals surface area contributed by atoms with Crippen LogP contribution in [0.2, 0.25) is 0 Å². The molecule has 0 aromatic heterocycles. The first-order valence-corrected chi connectivity index (χ1v) is 13.9. The first kappa shape index (κ1) is 24.4. The van der Waals surface area contributed by atoms with E-state index in [0.29, 0.717) is 6.61 Å². The van der Waals surface area contributed by atoms with Crippen molar-refractivity contribution >= 4 is 21.5 Å². The Balaban J connectivity index is 1.49. The lowest BCUT2D eigenvalue weighted by molar-refractivity contribution is 0.201. The third-order valence-electron chi connectivity index (χ3n) is 8.11. The fourth-order valence-corrected chi connectivity index (χ4v) is 6.45. The Bertz CT molecular complexity index is 1820. The molecule has 1 aliphatic carbocycles. The van der Waals surface area contributed by atoms with Crippen LogP contribution >= 0.6 is 0 Å². The van der Waals surface area contributed by atoms with Crippen molar-refractivity contribution in [3.8, 4) is 22.6 Å². The molecule has 7 rings (SSSR count).